The van der Waals surface area contributed by atoms with Gasteiger partial charge < -0.3 is 0 Å². The van der Waals surface area contributed by atoms with Gasteiger partial charge in [-0.2, -0.15) is 4.85 Å². The molecule has 0 aromatic carbocycles. The summed E-state index contributed by atoms with van der Waals surface area (Å²) in [5.41, 5.74) is 0.956. The molecule has 0 amide bonds. The van der Waals surface area contributed by atoms with Gasteiger partial charge in [0, 0.05) is 0 Å². The van der Waals surface area contributed by atoms with E-state index < -0.39 is 0 Å². The molecular formula is C8H10N3+. The van der Waals surface area contributed by atoms with Gasteiger partial charge in [-0.15, -0.1) is 0 Å². The zero-order chi connectivity index (χ0) is 8.27. The molecule has 1 rings (SSSR count). The predicted molar refractivity (Wildman–Crippen MR) is 44.1 cm³/mol. The van der Waals surface area contributed by atoms with E-state index >= 15 is 0 Å². The van der Waals surface area contributed by atoms with Gasteiger partial charge in [-0.25, -0.2) is 4.98 Å². The first kappa shape index (κ1) is 7.67. The number of hydrogen-bond donors (Lipinski definition) is 0. The Hall–Kier alpha value is -1.43. The molecule has 3 nitrogen and oxygen atoms in total. The van der Waals surface area contributed by atoms with Crippen molar-refractivity contribution in [3.8, 4) is 6.57 Å². The molecule has 0 unspecified atom stereocenters. The molecule has 0 saturated carbocycles. The second-order valence-corrected chi connectivity index (χ2v) is 2.58. The largest absolute Gasteiger partial charge is 0.443 e. The quantitative estimate of drug-likeness (QED) is 0.611. The van der Waals surface area contributed by atoms with E-state index in [9.17, 15) is 0 Å². The van der Waals surface area contributed by atoms with Gasteiger partial charge in [0.1, 0.15) is 12.8 Å². The number of rotatable bonds is 1. The number of nitrogens with zero attached hydrogens (tertiary/aromatic N) is 3. The van der Waals surface area contributed by atoms with Crippen LogP contribution in [0, 0.1) is 6.57 Å². The molecule has 1 heterocycles. The third-order valence-electron chi connectivity index (χ3n) is 1.38. The molecule has 1 aromatic rings. The Morgan fingerprint density at radius 3 is 2.45 bits per heavy atom. The Morgan fingerprint density at radius 1 is 1.36 bits per heavy atom. The van der Waals surface area contributed by atoms with Crippen molar-refractivity contribution in [3.63, 3.8) is 0 Å². The van der Waals surface area contributed by atoms with Crippen molar-refractivity contribution >= 4 is 5.82 Å². The molecular weight excluding hydrogens is 138 g/mol. The summed E-state index contributed by atoms with van der Waals surface area (Å²) in [6.07, 6.45) is 3.26. The van der Waals surface area contributed by atoms with Gasteiger partial charge in [0.25, 0.3) is 0 Å². The summed E-state index contributed by atoms with van der Waals surface area (Å²) < 4.78 is 0. The molecule has 0 radical (unpaired) electrons. The van der Waals surface area contributed by atoms with Crippen molar-refractivity contribution < 1.29 is 0 Å². The third-order valence-corrected chi connectivity index (χ3v) is 1.38. The number of aromatic nitrogens is 2. The molecule has 0 aliphatic rings. The standard InChI is InChI=1S/C8H10N3/c1-6(2)7-4-11-8(9-3)5-10-7/h3-6H,1-2H3/q+1. The number of hydrogen-bond acceptors (Lipinski definition) is 2. The Morgan fingerprint density at radius 2 is 2.09 bits per heavy atom. The summed E-state index contributed by atoms with van der Waals surface area (Å²) in [5.74, 6) is 0.865. The molecule has 56 valence electrons. The Labute approximate surface area is 65.9 Å². The summed E-state index contributed by atoms with van der Waals surface area (Å²) in [6, 6.07) is 0. The van der Waals surface area contributed by atoms with Crippen molar-refractivity contribution in [2.45, 2.75) is 19.8 Å². The molecule has 0 spiro atoms. The smallest absolute Gasteiger partial charge is 0.247 e. The van der Waals surface area contributed by atoms with Crippen LogP contribution in [-0.4, -0.2) is 9.97 Å². The molecule has 0 aliphatic carbocycles. The van der Waals surface area contributed by atoms with Gasteiger partial charge >= 0.3 is 5.82 Å². The van der Waals surface area contributed by atoms with Gasteiger partial charge in [-0.05, 0) is 10.9 Å². The third kappa shape index (κ3) is 1.74. The molecule has 0 atom stereocenters. The van der Waals surface area contributed by atoms with Crippen molar-refractivity contribution in [2.24, 2.45) is 0 Å². The van der Waals surface area contributed by atoms with E-state index in [1.165, 1.54) is 0 Å². The van der Waals surface area contributed by atoms with Crippen LogP contribution >= 0.6 is 0 Å². The van der Waals surface area contributed by atoms with Crippen LogP contribution in [0.2, 0.25) is 0 Å². The summed E-state index contributed by atoms with van der Waals surface area (Å²) >= 11 is 0. The maximum atomic E-state index is 5.00. The van der Waals surface area contributed by atoms with E-state index in [1.54, 1.807) is 12.4 Å². The molecule has 0 saturated heterocycles. The lowest BCUT2D eigenvalue weighted by atomic mass is 10.1. The highest BCUT2D eigenvalue weighted by Crippen LogP contribution is 2.11. The molecule has 0 N–H and O–H groups in total. The SMILES string of the molecule is C#[N+]c1cnc(C(C)C)cn1. The Balaban J connectivity index is 2.94. The Kier molecular flexibility index (Phi) is 2.17. The van der Waals surface area contributed by atoms with Crippen LogP contribution in [-0.2, 0) is 0 Å². The zero-order valence-corrected chi connectivity index (χ0v) is 6.65. The highest BCUT2D eigenvalue weighted by atomic mass is 14.9. The first-order chi connectivity index (χ1) is 5.24. The fourth-order valence-electron chi connectivity index (χ4n) is 0.696. The lowest BCUT2D eigenvalue weighted by Gasteiger charge is -1.97. The van der Waals surface area contributed by atoms with E-state index in [0.717, 1.165) is 5.69 Å². The molecule has 0 aliphatic heterocycles. The van der Waals surface area contributed by atoms with Crippen LogP contribution in [0.1, 0.15) is 25.5 Å². The van der Waals surface area contributed by atoms with Crippen molar-refractivity contribution in [2.75, 3.05) is 0 Å². The second-order valence-electron chi connectivity index (χ2n) is 2.58. The van der Waals surface area contributed by atoms with E-state index in [1.807, 2.05) is 0 Å². The molecule has 0 bridgehead atoms. The minimum absolute atomic E-state index is 0.398. The van der Waals surface area contributed by atoms with E-state index in [0.29, 0.717) is 11.7 Å². The van der Waals surface area contributed by atoms with Crippen molar-refractivity contribution in [1.82, 2.24) is 9.97 Å². The van der Waals surface area contributed by atoms with Crippen LogP contribution in [0.4, 0.5) is 5.82 Å². The van der Waals surface area contributed by atoms with E-state index in [4.69, 9.17) is 6.57 Å². The Bertz CT molecular complexity index is 268. The van der Waals surface area contributed by atoms with Crippen LogP contribution in [0.5, 0.6) is 0 Å². The first-order valence-corrected chi connectivity index (χ1v) is 3.47. The topological polar surface area (TPSA) is 30.1 Å². The minimum atomic E-state index is 0.398. The minimum Gasteiger partial charge on any atom is -0.247 e. The summed E-state index contributed by atoms with van der Waals surface area (Å²) in [6.45, 7) is 9.12. The molecule has 11 heavy (non-hydrogen) atoms. The normalized spacial score (nSPS) is 9.64. The van der Waals surface area contributed by atoms with Crippen molar-refractivity contribution in [1.29, 1.82) is 0 Å². The fourth-order valence-corrected chi connectivity index (χ4v) is 0.696. The van der Waals surface area contributed by atoms with Crippen LogP contribution in [0.25, 0.3) is 4.85 Å². The van der Waals surface area contributed by atoms with Crippen LogP contribution in [0.15, 0.2) is 12.4 Å². The second kappa shape index (κ2) is 3.11. The van der Waals surface area contributed by atoms with Crippen LogP contribution in [0.3, 0.4) is 0 Å². The lowest BCUT2D eigenvalue weighted by molar-refractivity contribution is 0.814. The molecule has 3 heteroatoms. The van der Waals surface area contributed by atoms with Gasteiger partial charge in [-0.1, -0.05) is 13.8 Å². The van der Waals surface area contributed by atoms with E-state index in [2.05, 4.69) is 28.7 Å². The zero-order valence-electron chi connectivity index (χ0n) is 6.65. The summed E-state index contributed by atoms with van der Waals surface area (Å²) in [7, 11) is 0. The lowest BCUT2D eigenvalue weighted by Crippen LogP contribution is -1.91. The highest BCUT2D eigenvalue weighted by molar-refractivity contribution is 5.32. The van der Waals surface area contributed by atoms with E-state index in [-0.39, 0.29) is 0 Å². The van der Waals surface area contributed by atoms with Gasteiger partial charge in [0.15, 0.2) is 6.20 Å². The highest BCUT2D eigenvalue weighted by Gasteiger charge is 2.06. The molecule has 0 fully saturated rings. The molecule has 1 aromatic heterocycles. The van der Waals surface area contributed by atoms with Crippen LogP contribution < -0.4 is 0 Å². The average Bonchev–Trinajstić information content (AvgIpc) is 2.05. The summed E-state index contributed by atoms with van der Waals surface area (Å²) in [4.78, 5) is 11.5. The van der Waals surface area contributed by atoms with Crippen molar-refractivity contribution in [3.05, 3.63) is 22.9 Å². The predicted octanol–water partition coefficient (Wildman–Crippen LogP) is 2.19. The maximum absolute atomic E-state index is 5.00. The first-order valence-electron chi connectivity index (χ1n) is 3.47. The van der Waals surface area contributed by atoms with Gasteiger partial charge in [0.2, 0.25) is 0 Å². The maximum Gasteiger partial charge on any atom is 0.443 e. The van der Waals surface area contributed by atoms with Gasteiger partial charge in [0.05, 0.1) is 5.69 Å². The fraction of sp³-hybridized carbons (Fsp3) is 0.375. The monoisotopic (exact) mass is 148 g/mol. The average molecular weight is 148 g/mol. The summed E-state index contributed by atoms with van der Waals surface area (Å²) in [5, 5.41) is 0. The van der Waals surface area contributed by atoms with Gasteiger partial charge in [-0.3, -0.25) is 0 Å².